The van der Waals surface area contributed by atoms with Crippen molar-refractivity contribution >= 4 is 54.2 Å². The molecule has 0 fully saturated rings. The third-order valence-electron chi connectivity index (χ3n) is 3.17. The van der Waals surface area contributed by atoms with Crippen LogP contribution in [-0.2, 0) is 0 Å². The van der Waals surface area contributed by atoms with Crippen LogP contribution in [-0.4, -0.2) is 15.8 Å². The number of rotatable bonds is 3. The number of anilines is 1. The highest BCUT2D eigenvalue weighted by Crippen LogP contribution is 2.28. The van der Waals surface area contributed by atoms with Crippen LogP contribution in [0.3, 0.4) is 0 Å². The molecular formula is C15H10BrN3O3S. The van der Waals surface area contributed by atoms with E-state index in [4.69, 9.17) is 0 Å². The van der Waals surface area contributed by atoms with Crippen molar-refractivity contribution in [3.63, 3.8) is 0 Å². The summed E-state index contributed by atoms with van der Waals surface area (Å²) in [5.41, 5.74) is 1.97. The van der Waals surface area contributed by atoms with Gasteiger partial charge in [0.15, 0.2) is 5.13 Å². The van der Waals surface area contributed by atoms with Crippen LogP contribution in [0.2, 0.25) is 0 Å². The molecule has 1 aromatic heterocycles. The fraction of sp³-hybridized carbons (Fsp3) is 0.0667. The van der Waals surface area contributed by atoms with E-state index in [1.54, 1.807) is 0 Å². The molecule has 0 spiro atoms. The normalized spacial score (nSPS) is 10.7. The van der Waals surface area contributed by atoms with Crippen molar-refractivity contribution < 1.29 is 9.72 Å². The quantitative estimate of drug-likeness (QED) is 0.524. The van der Waals surface area contributed by atoms with Gasteiger partial charge in [-0.15, -0.1) is 0 Å². The molecule has 116 valence electrons. The van der Waals surface area contributed by atoms with Crippen molar-refractivity contribution in [2.75, 3.05) is 5.32 Å². The number of nitrogens with one attached hydrogen (secondary N) is 1. The summed E-state index contributed by atoms with van der Waals surface area (Å²) in [4.78, 5) is 27.0. The molecule has 2 aromatic carbocycles. The van der Waals surface area contributed by atoms with Crippen molar-refractivity contribution in [1.82, 2.24) is 4.98 Å². The number of benzene rings is 2. The van der Waals surface area contributed by atoms with Crippen LogP contribution in [0.15, 0.2) is 40.9 Å². The molecule has 23 heavy (non-hydrogen) atoms. The molecular weight excluding hydrogens is 382 g/mol. The number of nitro benzene ring substituents is 1. The number of carbonyl (C=O) groups excluding carboxylic acids is 1. The topological polar surface area (TPSA) is 85.1 Å². The van der Waals surface area contributed by atoms with Gasteiger partial charge < -0.3 is 0 Å². The maximum absolute atomic E-state index is 12.3. The molecule has 6 nitrogen and oxygen atoms in total. The predicted molar refractivity (Wildman–Crippen MR) is 93.1 cm³/mol. The number of aromatic nitrogens is 1. The van der Waals surface area contributed by atoms with Crippen molar-refractivity contribution in [3.8, 4) is 0 Å². The second-order valence-corrected chi connectivity index (χ2v) is 6.75. The number of thiazole rings is 1. The highest BCUT2D eigenvalue weighted by atomic mass is 79.9. The van der Waals surface area contributed by atoms with E-state index >= 15 is 0 Å². The van der Waals surface area contributed by atoms with Crippen molar-refractivity contribution in [2.45, 2.75) is 6.92 Å². The highest BCUT2D eigenvalue weighted by molar-refractivity contribution is 9.10. The first-order valence-electron chi connectivity index (χ1n) is 6.56. The van der Waals surface area contributed by atoms with Gasteiger partial charge in [0.25, 0.3) is 11.6 Å². The third-order valence-corrected chi connectivity index (χ3v) is 4.77. The lowest BCUT2D eigenvalue weighted by molar-refractivity contribution is -0.385. The van der Waals surface area contributed by atoms with E-state index in [1.165, 1.54) is 29.5 Å². The predicted octanol–water partition coefficient (Wildman–Crippen LogP) is 4.53. The Labute approximate surface area is 143 Å². The summed E-state index contributed by atoms with van der Waals surface area (Å²) in [5, 5.41) is 14.1. The number of fused-ring (bicyclic) bond motifs is 1. The number of hydrogen-bond donors (Lipinski definition) is 1. The fourth-order valence-electron chi connectivity index (χ4n) is 2.05. The standard InChI is InChI=1S/C15H10BrN3O3S/c1-8-2-5-11-13(6-8)23-15(17-11)18-14(20)9-3-4-10(16)12(7-9)19(21)22/h2-7H,1H3,(H,17,18,20). The summed E-state index contributed by atoms with van der Waals surface area (Å²) in [7, 11) is 0. The Bertz CT molecular complexity index is 939. The lowest BCUT2D eigenvalue weighted by atomic mass is 10.2. The largest absolute Gasteiger partial charge is 0.298 e. The summed E-state index contributed by atoms with van der Waals surface area (Å²) < 4.78 is 1.30. The number of halogens is 1. The van der Waals surface area contributed by atoms with Gasteiger partial charge in [0.2, 0.25) is 0 Å². The van der Waals surface area contributed by atoms with Gasteiger partial charge in [-0.2, -0.15) is 0 Å². The molecule has 0 saturated heterocycles. The lowest BCUT2D eigenvalue weighted by Gasteiger charge is -2.02. The maximum atomic E-state index is 12.3. The van der Waals surface area contributed by atoms with Crippen LogP contribution in [0, 0.1) is 17.0 Å². The Kier molecular flexibility index (Phi) is 4.10. The maximum Gasteiger partial charge on any atom is 0.284 e. The van der Waals surface area contributed by atoms with E-state index in [9.17, 15) is 14.9 Å². The molecule has 0 saturated carbocycles. The first-order valence-corrected chi connectivity index (χ1v) is 8.17. The number of nitro groups is 1. The van der Waals surface area contributed by atoms with Gasteiger partial charge in [-0.3, -0.25) is 20.2 Å². The number of nitrogens with zero attached hydrogens (tertiary/aromatic N) is 2. The van der Waals surface area contributed by atoms with Gasteiger partial charge in [-0.25, -0.2) is 4.98 Å². The van der Waals surface area contributed by atoms with Crippen LogP contribution >= 0.6 is 27.3 Å². The van der Waals surface area contributed by atoms with Crippen molar-refractivity contribution in [2.24, 2.45) is 0 Å². The SMILES string of the molecule is Cc1ccc2nc(NC(=O)c3ccc(Br)c([N+](=O)[O-])c3)sc2c1. The minimum Gasteiger partial charge on any atom is -0.298 e. The van der Waals surface area contributed by atoms with Gasteiger partial charge >= 0.3 is 0 Å². The van der Waals surface area contributed by atoms with Gasteiger partial charge in [0.05, 0.1) is 19.6 Å². The van der Waals surface area contributed by atoms with Gasteiger partial charge in [-0.05, 0) is 52.7 Å². The Morgan fingerprint density at radius 1 is 1.30 bits per heavy atom. The Balaban J connectivity index is 1.88. The molecule has 0 bridgehead atoms. The van der Waals surface area contributed by atoms with Crippen LogP contribution in [0.4, 0.5) is 10.8 Å². The van der Waals surface area contributed by atoms with Crippen molar-refractivity contribution in [3.05, 3.63) is 62.1 Å². The van der Waals surface area contributed by atoms with Gasteiger partial charge in [0, 0.05) is 11.6 Å². The highest BCUT2D eigenvalue weighted by Gasteiger charge is 2.17. The molecule has 0 atom stereocenters. The second kappa shape index (κ2) is 6.05. The van der Waals surface area contributed by atoms with E-state index in [1.807, 2.05) is 25.1 Å². The van der Waals surface area contributed by atoms with E-state index in [0.717, 1.165) is 15.8 Å². The van der Waals surface area contributed by atoms with Crippen LogP contribution < -0.4 is 5.32 Å². The number of hydrogen-bond acceptors (Lipinski definition) is 5. The fourth-order valence-corrected chi connectivity index (χ4v) is 3.40. The van der Waals surface area contributed by atoms with Crippen LogP contribution in [0.25, 0.3) is 10.2 Å². The van der Waals surface area contributed by atoms with E-state index in [0.29, 0.717) is 9.60 Å². The van der Waals surface area contributed by atoms with E-state index in [2.05, 4.69) is 26.2 Å². The summed E-state index contributed by atoms with van der Waals surface area (Å²) in [6.07, 6.45) is 0. The average Bonchev–Trinajstić information content (AvgIpc) is 2.88. The second-order valence-electron chi connectivity index (χ2n) is 4.87. The number of amides is 1. The molecule has 0 unspecified atom stereocenters. The summed E-state index contributed by atoms with van der Waals surface area (Å²) >= 11 is 4.46. The smallest absolute Gasteiger partial charge is 0.284 e. The van der Waals surface area contributed by atoms with E-state index in [-0.39, 0.29) is 11.3 Å². The molecule has 0 aliphatic heterocycles. The number of carbonyl (C=O) groups is 1. The zero-order valence-electron chi connectivity index (χ0n) is 11.9. The molecule has 1 amide bonds. The molecule has 1 N–H and O–H groups in total. The molecule has 0 aliphatic carbocycles. The lowest BCUT2D eigenvalue weighted by Crippen LogP contribution is -2.11. The van der Waals surface area contributed by atoms with Gasteiger partial charge in [0.1, 0.15) is 0 Å². The molecule has 1 heterocycles. The molecule has 3 aromatic rings. The zero-order chi connectivity index (χ0) is 16.6. The Hall–Kier alpha value is -2.32. The Morgan fingerprint density at radius 2 is 2.09 bits per heavy atom. The summed E-state index contributed by atoms with van der Waals surface area (Å²) in [6.45, 7) is 1.98. The Morgan fingerprint density at radius 3 is 2.83 bits per heavy atom. The van der Waals surface area contributed by atoms with Crippen LogP contribution in [0.1, 0.15) is 15.9 Å². The van der Waals surface area contributed by atoms with Crippen molar-refractivity contribution in [1.29, 1.82) is 0 Å². The third kappa shape index (κ3) is 3.22. The molecule has 8 heteroatoms. The van der Waals surface area contributed by atoms with Gasteiger partial charge in [-0.1, -0.05) is 17.4 Å². The monoisotopic (exact) mass is 391 g/mol. The minimum atomic E-state index is -0.540. The summed E-state index contributed by atoms with van der Waals surface area (Å²) in [5.74, 6) is -0.434. The first kappa shape index (κ1) is 15.6. The number of aryl methyl sites for hydroxylation is 1. The van der Waals surface area contributed by atoms with Crippen LogP contribution in [0.5, 0.6) is 0 Å². The molecule has 0 aliphatic rings. The van der Waals surface area contributed by atoms with E-state index < -0.39 is 10.8 Å². The molecule has 3 rings (SSSR count). The zero-order valence-corrected chi connectivity index (χ0v) is 14.3. The summed E-state index contributed by atoms with van der Waals surface area (Å²) in [6, 6.07) is 10.1. The molecule has 0 radical (unpaired) electrons. The minimum absolute atomic E-state index is 0.155. The first-order chi connectivity index (χ1) is 10.9. The average molecular weight is 392 g/mol.